The third kappa shape index (κ3) is 5.27. The first-order chi connectivity index (χ1) is 6.29. The van der Waals surface area contributed by atoms with Crippen LogP contribution in [0.4, 0.5) is 0 Å². The molecule has 1 aromatic carbocycles. The maximum atomic E-state index is 2.25. The van der Waals surface area contributed by atoms with Crippen molar-refractivity contribution in [1.29, 1.82) is 0 Å². The van der Waals surface area contributed by atoms with E-state index in [4.69, 9.17) is 0 Å². The molecule has 0 fully saturated rings. The first kappa shape index (κ1) is 11.0. The van der Waals surface area contributed by atoms with Gasteiger partial charge in [0.15, 0.2) is 0 Å². The van der Waals surface area contributed by atoms with E-state index in [0.717, 1.165) is 5.25 Å². The van der Waals surface area contributed by atoms with Crippen molar-refractivity contribution in [3.05, 3.63) is 30.3 Å². The molecule has 0 aliphatic carbocycles. The Bertz CT molecular complexity index is 219. The van der Waals surface area contributed by atoms with Crippen LogP contribution in [0.1, 0.15) is 13.8 Å². The molecule has 0 spiro atoms. The zero-order valence-electron chi connectivity index (χ0n) is 8.19. The summed E-state index contributed by atoms with van der Waals surface area (Å²) in [5.41, 5.74) is 0. The molecule has 1 aromatic rings. The lowest BCUT2D eigenvalue weighted by Crippen LogP contribution is -1.91. The molecular weight excluding hydrogens is 196 g/mol. The van der Waals surface area contributed by atoms with Crippen molar-refractivity contribution < 1.29 is 0 Å². The van der Waals surface area contributed by atoms with Crippen LogP contribution in [0.15, 0.2) is 35.2 Å². The predicted octanol–water partition coefficient (Wildman–Crippen LogP) is 3.92. The van der Waals surface area contributed by atoms with Gasteiger partial charge in [0.2, 0.25) is 0 Å². The molecule has 0 N–H and O–H groups in total. The van der Waals surface area contributed by atoms with Crippen LogP contribution < -0.4 is 0 Å². The van der Waals surface area contributed by atoms with Crippen molar-refractivity contribution in [2.75, 3.05) is 11.5 Å². The van der Waals surface area contributed by atoms with Gasteiger partial charge in [-0.1, -0.05) is 32.0 Å². The van der Waals surface area contributed by atoms with Crippen LogP contribution in [0.5, 0.6) is 0 Å². The van der Waals surface area contributed by atoms with Crippen LogP contribution in [-0.2, 0) is 0 Å². The molecule has 0 unspecified atom stereocenters. The fourth-order valence-electron chi connectivity index (χ4n) is 0.960. The molecular formula is C11H16S2. The van der Waals surface area contributed by atoms with Gasteiger partial charge in [-0.3, -0.25) is 0 Å². The third-order valence-electron chi connectivity index (χ3n) is 1.55. The minimum atomic E-state index is 0.761. The first-order valence-electron chi connectivity index (χ1n) is 4.58. The monoisotopic (exact) mass is 212 g/mol. The van der Waals surface area contributed by atoms with Gasteiger partial charge in [-0.2, -0.15) is 11.8 Å². The van der Waals surface area contributed by atoms with Crippen molar-refractivity contribution in [1.82, 2.24) is 0 Å². The fourth-order valence-corrected chi connectivity index (χ4v) is 2.73. The van der Waals surface area contributed by atoms with E-state index in [1.807, 2.05) is 23.5 Å². The highest BCUT2D eigenvalue weighted by Gasteiger charge is 1.95. The molecule has 0 radical (unpaired) electrons. The number of thioether (sulfide) groups is 2. The molecule has 0 amide bonds. The van der Waals surface area contributed by atoms with E-state index < -0.39 is 0 Å². The van der Waals surface area contributed by atoms with Crippen molar-refractivity contribution in [3.63, 3.8) is 0 Å². The van der Waals surface area contributed by atoms with Gasteiger partial charge >= 0.3 is 0 Å². The second kappa shape index (κ2) is 6.39. The van der Waals surface area contributed by atoms with Crippen LogP contribution in [-0.4, -0.2) is 16.8 Å². The van der Waals surface area contributed by atoms with E-state index in [1.165, 1.54) is 16.4 Å². The third-order valence-corrected chi connectivity index (χ3v) is 3.93. The Morgan fingerprint density at radius 2 is 1.77 bits per heavy atom. The lowest BCUT2D eigenvalue weighted by atomic mass is 10.4. The Morgan fingerprint density at radius 1 is 1.08 bits per heavy atom. The van der Waals surface area contributed by atoms with E-state index in [9.17, 15) is 0 Å². The zero-order chi connectivity index (χ0) is 9.52. The van der Waals surface area contributed by atoms with Gasteiger partial charge in [-0.15, -0.1) is 11.8 Å². The lowest BCUT2D eigenvalue weighted by Gasteiger charge is -2.03. The van der Waals surface area contributed by atoms with Crippen molar-refractivity contribution in [2.24, 2.45) is 0 Å². The van der Waals surface area contributed by atoms with Crippen LogP contribution >= 0.6 is 23.5 Å². The average Bonchev–Trinajstić information content (AvgIpc) is 2.14. The summed E-state index contributed by atoms with van der Waals surface area (Å²) in [5.74, 6) is 2.46. The van der Waals surface area contributed by atoms with Crippen LogP contribution in [0.3, 0.4) is 0 Å². The lowest BCUT2D eigenvalue weighted by molar-refractivity contribution is 1.11. The second-order valence-corrected chi connectivity index (χ2v) is 5.93. The van der Waals surface area contributed by atoms with Crippen LogP contribution in [0.25, 0.3) is 0 Å². The summed E-state index contributed by atoms with van der Waals surface area (Å²) >= 11 is 3.97. The molecule has 2 heteroatoms. The average molecular weight is 212 g/mol. The Labute approximate surface area is 89.5 Å². The standard InChI is InChI=1S/C11H16S2/c1-10(2)12-8-9-13-11-6-4-3-5-7-11/h3-7,10H,8-9H2,1-2H3. The first-order valence-corrected chi connectivity index (χ1v) is 6.62. The Balaban J connectivity index is 2.13. The van der Waals surface area contributed by atoms with Gasteiger partial charge in [-0.25, -0.2) is 0 Å². The van der Waals surface area contributed by atoms with Crippen LogP contribution in [0.2, 0.25) is 0 Å². The molecule has 0 bridgehead atoms. The molecule has 0 nitrogen and oxygen atoms in total. The topological polar surface area (TPSA) is 0 Å². The molecule has 0 aliphatic heterocycles. The normalized spacial score (nSPS) is 10.7. The van der Waals surface area contributed by atoms with Gasteiger partial charge in [0.05, 0.1) is 0 Å². The highest BCUT2D eigenvalue weighted by atomic mass is 32.2. The van der Waals surface area contributed by atoms with Crippen LogP contribution in [0, 0.1) is 0 Å². The van der Waals surface area contributed by atoms with Gasteiger partial charge in [0.1, 0.15) is 0 Å². The van der Waals surface area contributed by atoms with E-state index in [1.54, 1.807) is 0 Å². The Hall–Kier alpha value is -0.0800. The minimum Gasteiger partial charge on any atom is -0.158 e. The highest BCUT2D eigenvalue weighted by Crippen LogP contribution is 2.19. The van der Waals surface area contributed by atoms with Crippen molar-refractivity contribution in [3.8, 4) is 0 Å². The highest BCUT2D eigenvalue weighted by molar-refractivity contribution is 8.03. The smallest absolute Gasteiger partial charge is 0.00722 e. The number of hydrogen-bond acceptors (Lipinski definition) is 2. The Morgan fingerprint density at radius 3 is 2.38 bits per heavy atom. The SMILES string of the molecule is CC(C)SCCSc1ccccc1. The van der Waals surface area contributed by atoms with E-state index in [-0.39, 0.29) is 0 Å². The van der Waals surface area contributed by atoms with Crippen molar-refractivity contribution in [2.45, 2.75) is 24.0 Å². The second-order valence-electron chi connectivity index (χ2n) is 3.08. The largest absolute Gasteiger partial charge is 0.158 e. The summed E-state index contributed by atoms with van der Waals surface area (Å²) in [6.45, 7) is 4.50. The van der Waals surface area contributed by atoms with Gasteiger partial charge in [-0.05, 0) is 17.4 Å². The van der Waals surface area contributed by atoms with Crippen molar-refractivity contribution >= 4 is 23.5 Å². The van der Waals surface area contributed by atoms with Gasteiger partial charge in [0, 0.05) is 16.4 Å². The molecule has 0 heterocycles. The van der Waals surface area contributed by atoms with Gasteiger partial charge in [0.25, 0.3) is 0 Å². The summed E-state index contributed by atoms with van der Waals surface area (Å²) in [6, 6.07) is 10.6. The van der Waals surface area contributed by atoms with E-state index in [0.29, 0.717) is 0 Å². The predicted molar refractivity (Wildman–Crippen MR) is 64.8 cm³/mol. The maximum absolute atomic E-state index is 2.25. The quantitative estimate of drug-likeness (QED) is 0.536. The molecule has 0 aromatic heterocycles. The van der Waals surface area contributed by atoms with E-state index in [2.05, 4.69) is 44.2 Å². The summed E-state index contributed by atoms with van der Waals surface area (Å²) in [7, 11) is 0. The number of benzene rings is 1. The zero-order valence-corrected chi connectivity index (χ0v) is 9.83. The molecule has 0 saturated heterocycles. The maximum Gasteiger partial charge on any atom is 0.00722 e. The molecule has 0 saturated carbocycles. The molecule has 0 aliphatic rings. The summed E-state index contributed by atoms with van der Waals surface area (Å²) in [4.78, 5) is 1.38. The molecule has 72 valence electrons. The summed E-state index contributed by atoms with van der Waals surface area (Å²) < 4.78 is 0. The van der Waals surface area contributed by atoms with E-state index >= 15 is 0 Å². The summed E-state index contributed by atoms with van der Waals surface area (Å²) in [6.07, 6.45) is 0. The number of rotatable bonds is 5. The molecule has 13 heavy (non-hydrogen) atoms. The number of hydrogen-bond donors (Lipinski definition) is 0. The fraction of sp³-hybridized carbons (Fsp3) is 0.455. The Kier molecular flexibility index (Phi) is 5.40. The van der Waals surface area contributed by atoms with Gasteiger partial charge < -0.3 is 0 Å². The molecule has 1 rings (SSSR count). The molecule has 0 atom stereocenters. The summed E-state index contributed by atoms with van der Waals surface area (Å²) in [5, 5.41) is 0.761. The minimum absolute atomic E-state index is 0.761.